The van der Waals surface area contributed by atoms with Gasteiger partial charge in [-0.25, -0.2) is 9.97 Å². The smallest absolute Gasteiger partial charge is 0.276 e. The van der Waals surface area contributed by atoms with Crippen LogP contribution >= 0.6 is 0 Å². The van der Waals surface area contributed by atoms with Gasteiger partial charge in [0.1, 0.15) is 11.5 Å². The first-order valence-electron chi connectivity index (χ1n) is 9.03. The molecular formula is C22H21N5O. The predicted molar refractivity (Wildman–Crippen MR) is 109 cm³/mol. The average molecular weight is 371 g/mol. The number of nitrogens with zero attached hydrogens (tertiary/aromatic N) is 5. The van der Waals surface area contributed by atoms with E-state index in [1.807, 2.05) is 67.3 Å². The number of hydrogen-bond acceptors (Lipinski definition) is 3. The van der Waals surface area contributed by atoms with E-state index in [0.29, 0.717) is 12.2 Å². The molecule has 2 aromatic carbocycles. The first-order chi connectivity index (χ1) is 13.6. The lowest BCUT2D eigenvalue weighted by molar-refractivity contribution is 0.0976. The number of imidazole rings is 2. The summed E-state index contributed by atoms with van der Waals surface area (Å²) in [4.78, 5) is 23.6. The average Bonchev–Trinajstić information content (AvgIpc) is 3.34. The van der Waals surface area contributed by atoms with Crippen LogP contribution in [0.3, 0.4) is 0 Å². The first-order valence-corrected chi connectivity index (χ1v) is 9.03. The van der Waals surface area contributed by atoms with E-state index in [-0.39, 0.29) is 5.91 Å². The SMILES string of the molecule is Cn1cncc1C(=O)N(Cc1nccn1C)c1cccc(-c2ccccc2)c1. The number of aryl methyl sites for hydroxylation is 2. The van der Waals surface area contributed by atoms with Crippen molar-refractivity contribution in [2.24, 2.45) is 14.1 Å². The molecule has 0 fully saturated rings. The molecule has 4 aromatic rings. The van der Waals surface area contributed by atoms with Crippen molar-refractivity contribution in [1.29, 1.82) is 0 Å². The van der Waals surface area contributed by atoms with E-state index < -0.39 is 0 Å². The summed E-state index contributed by atoms with van der Waals surface area (Å²) in [7, 11) is 3.75. The molecule has 0 saturated heterocycles. The van der Waals surface area contributed by atoms with Crippen LogP contribution in [0.15, 0.2) is 79.5 Å². The molecule has 0 N–H and O–H groups in total. The van der Waals surface area contributed by atoms with Gasteiger partial charge in [-0.2, -0.15) is 0 Å². The van der Waals surface area contributed by atoms with E-state index in [1.165, 1.54) is 0 Å². The third-order valence-corrected chi connectivity index (χ3v) is 4.77. The zero-order chi connectivity index (χ0) is 19.5. The van der Waals surface area contributed by atoms with E-state index in [2.05, 4.69) is 22.1 Å². The van der Waals surface area contributed by atoms with Gasteiger partial charge in [0.15, 0.2) is 0 Å². The molecule has 1 amide bonds. The maximum atomic E-state index is 13.3. The first kappa shape index (κ1) is 17.7. The third-order valence-electron chi connectivity index (χ3n) is 4.77. The quantitative estimate of drug-likeness (QED) is 0.538. The molecule has 28 heavy (non-hydrogen) atoms. The predicted octanol–water partition coefficient (Wildman–Crippen LogP) is 3.67. The molecule has 0 radical (unpaired) electrons. The Labute approximate surface area is 163 Å². The second-order valence-electron chi connectivity index (χ2n) is 6.65. The van der Waals surface area contributed by atoms with Gasteiger partial charge in [-0.15, -0.1) is 0 Å². The van der Waals surface area contributed by atoms with Gasteiger partial charge in [-0.3, -0.25) is 9.69 Å². The van der Waals surface area contributed by atoms with Crippen LogP contribution in [0.25, 0.3) is 11.1 Å². The Morgan fingerprint density at radius 1 is 1.00 bits per heavy atom. The second kappa shape index (κ2) is 7.52. The Hall–Kier alpha value is -3.67. The summed E-state index contributed by atoms with van der Waals surface area (Å²) in [5, 5.41) is 0. The van der Waals surface area contributed by atoms with Crippen molar-refractivity contribution in [1.82, 2.24) is 19.1 Å². The number of rotatable bonds is 5. The van der Waals surface area contributed by atoms with Crippen LogP contribution < -0.4 is 4.90 Å². The molecule has 0 aliphatic heterocycles. The summed E-state index contributed by atoms with van der Waals surface area (Å²) in [6.45, 7) is 0.367. The molecule has 2 aromatic heterocycles. The Morgan fingerprint density at radius 2 is 1.79 bits per heavy atom. The van der Waals surface area contributed by atoms with Gasteiger partial charge in [0, 0.05) is 32.2 Å². The number of hydrogen-bond donors (Lipinski definition) is 0. The van der Waals surface area contributed by atoms with Crippen molar-refractivity contribution in [2.75, 3.05) is 4.90 Å². The van der Waals surface area contributed by atoms with Crippen LogP contribution in [0.2, 0.25) is 0 Å². The molecule has 140 valence electrons. The van der Waals surface area contributed by atoms with Crippen LogP contribution in [0.1, 0.15) is 16.3 Å². The highest BCUT2D eigenvalue weighted by atomic mass is 16.2. The summed E-state index contributed by atoms with van der Waals surface area (Å²) in [5.41, 5.74) is 3.50. The molecule has 6 nitrogen and oxygen atoms in total. The number of carbonyl (C=O) groups is 1. The Bertz CT molecular complexity index is 1100. The normalized spacial score (nSPS) is 10.8. The van der Waals surface area contributed by atoms with E-state index >= 15 is 0 Å². The van der Waals surface area contributed by atoms with Crippen molar-refractivity contribution in [2.45, 2.75) is 6.54 Å². The van der Waals surface area contributed by atoms with Crippen LogP contribution in [0, 0.1) is 0 Å². The number of anilines is 1. The molecule has 0 aliphatic carbocycles. The number of carbonyl (C=O) groups excluding carboxylic acids is 1. The van der Waals surface area contributed by atoms with Gasteiger partial charge >= 0.3 is 0 Å². The highest BCUT2D eigenvalue weighted by molar-refractivity contribution is 6.05. The van der Waals surface area contributed by atoms with E-state index in [0.717, 1.165) is 22.6 Å². The topological polar surface area (TPSA) is 56.0 Å². The summed E-state index contributed by atoms with van der Waals surface area (Å²) < 4.78 is 3.65. The number of benzene rings is 2. The van der Waals surface area contributed by atoms with E-state index in [9.17, 15) is 4.79 Å². The van der Waals surface area contributed by atoms with Crippen molar-refractivity contribution in [3.63, 3.8) is 0 Å². The molecule has 6 heteroatoms. The van der Waals surface area contributed by atoms with Crippen LogP contribution in [0.4, 0.5) is 5.69 Å². The maximum Gasteiger partial charge on any atom is 0.276 e. The summed E-state index contributed by atoms with van der Waals surface area (Å²) in [6, 6.07) is 18.1. The molecule has 0 saturated carbocycles. The van der Waals surface area contributed by atoms with Crippen LogP contribution in [-0.4, -0.2) is 25.0 Å². The zero-order valence-corrected chi connectivity index (χ0v) is 15.9. The lowest BCUT2D eigenvalue weighted by Crippen LogP contribution is -2.32. The van der Waals surface area contributed by atoms with Gasteiger partial charge in [-0.05, 0) is 23.3 Å². The minimum Gasteiger partial charge on any atom is -0.337 e. The van der Waals surface area contributed by atoms with Gasteiger partial charge < -0.3 is 9.13 Å². The van der Waals surface area contributed by atoms with Gasteiger partial charge in [0.25, 0.3) is 5.91 Å². The molecule has 0 spiro atoms. The fraction of sp³-hybridized carbons (Fsp3) is 0.136. The molecular weight excluding hydrogens is 350 g/mol. The summed E-state index contributed by atoms with van der Waals surface area (Å²) >= 11 is 0. The minimum absolute atomic E-state index is 0.117. The van der Waals surface area contributed by atoms with Crippen LogP contribution in [0.5, 0.6) is 0 Å². The van der Waals surface area contributed by atoms with Crippen molar-refractivity contribution in [3.8, 4) is 11.1 Å². The molecule has 2 heterocycles. The minimum atomic E-state index is -0.117. The van der Waals surface area contributed by atoms with Crippen molar-refractivity contribution < 1.29 is 4.79 Å². The molecule has 4 rings (SSSR count). The molecule has 0 unspecified atom stereocenters. The van der Waals surface area contributed by atoms with Crippen LogP contribution in [-0.2, 0) is 20.6 Å². The molecule has 0 aliphatic rings. The lowest BCUT2D eigenvalue weighted by atomic mass is 10.0. The zero-order valence-electron chi connectivity index (χ0n) is 15.9. The highest BCUT2D eigenvalue weighted by Gasteiger charge is 2.22. The van der Waals surface area contributed by atoms with Gasteiger partial charge in [-0.1, -0.05) is 42.5 Å². The fourth-order valence-corrected chi connectivity index (χ4v) is 3.16. The highest BCUT2D eigenvalue weighted by Crippen LogP contribution is 2.26. The summed E-state index contributed by atoms with van der Waals surface area (Å²) in [6.07, 6.45) is 6.84. The maximum absolute atomic E-state index is 13.3. The lowest BCUT2D eigenvalue weighted by Gasteiger charge is -2.23. The Kier molecular flexibility index (Phi) is 4.76. The molecule has 0 bridgehead atoms. The number of amides is 1. The third kappa shape index (κ3) is 3.44. The molecule has 0 atom stereocenters. The van der Waals surface area contributed by atoms with Gasteiger partial charge in [0.05, 0.1) is 19.1 Å². The second-order valence-corrected chi connectivity index (χ2v) is 6.65. The van der Waals surface area contributed by atoms with E-state index in [4.69, 9.17) is 0 Å². The fourth-order valence-electron chi connectivity index (χ4n) is 3.16. The standard InChI is InChI=1S/C22H21N5O/c1-25-12-11-24-21(25)15-27(22(28)20-14-23-16-26(20)2)19-10-6-9-18(13-19)17-7-4-3-5-8-17/h3-14,16H,15H2,1-2H3. The van der Waals surface area contributed by atoms with E-state index in [1.54, 1.807) is 28.2 Å². The largest absolute Gasteiger partial charge is 0.337 e. The van der Waals surface area contributed by atoms with Gasteiger partial charge in [0.2, 0.25) is 0 Å². The van der Waals surface area contributed by atoms with Crippen molar-refractivity contribution >= 4 is 11.6 Å². The monoisotopic (exact) mass is 371 g/mol. The Morgan fingerprint density at radius 3 is 2.46 bits per heavy atom. The Balaban J connectivity index is 1.76. The number of aromatic nitrogens is 4. The van der Waals surface area contributed by atoms with Crippen molar-refractivity contribution in [3.05, 3.63) is 91.0 Å². The summed E-state index contributed by atoms with van der Waals surface area (Å²) in [5.74, 6) is 0.689.